The number of aromatic nitrogens is 3. The van der Waals surface area contributed by atoms with E-state index in [2.05, 4.69) is 14.8 Å². The monoisotopic (exact) mass is 324 g/mol. The van der Waals surface area contributed by atoms with E-state index in [1.165, 1.54) is 24.0 Å². The Hall–Kier alpha value is -1.76. The molecule has 3 rings (SSSR count). The Morgan fingerprint density at radius 3 is 2.86 bits per heavy atom. The Labute approximate surface area is 130 Å². The lowest BCUT2D eigenvalue weighted by Crippen LogP contribution is -2.44. The van der Waals surface area contributed by atoms with Crippen LogP contribution in [0, 0.1) is 6.57 Å². The lowest BCUT2D eigenvalue weighted by Gasteiger charge is -2.27. The number of aliphatic hydroxyl groups is 3. The van der Waals surface area contributed by atoms with Gasteiger partial charge in [-0.15, -0.1) is 0 Å². The van der Waals surface area contributed by atoms with Crippen molar-refractivity contribution in [3.63, 3.8) is 0 Å². The van der Waals surface area contributed by atoms with Gasteiger partial charge < -0.3 is 24.6 Å². The Kier molecular flexibility index (Phi) is 3.55. The van der Waals surface area contributed by atoms with Gasteiger partial charge in [0.05, 0.1) is 18.6 Å². The van der Waals surface area contributed by atoms with Gasteiger partial charge in [0, 0.05) is 6.20 Å². The van der Waals surface area contributed by atoms with Gasteiger partial charge in [0.2, 0.25) is 5.69 Å². The van der Waals surface area contributed by atoms with Crippen LogP contribution in [0.4, 0.5) is 5.69 Å². The predicted molar refractivity (Wildman–Crippen MR) is 76.4 cm³/mol. The summed E-state index contributed by atoms with van der Waals surface area (Å²) in [4.78, 5) is 11.3. The summed E-state index contributed by atoms with van der Waals surface area (Å²) < 4.78 is 6.96. The normalized spacial score (nSPS) is 31.5. The quantitative estimate of drug-likeness (QED) is 0.553. The number of hydrogen-bond acceptors (Lipinski definition) is 6. The van der Waals surface area contributed by atoms with Crippen molar-refractivity contribution in [2.75, 3.05) is 6.61 Å². The first-order valence-corrected chi connectivity index (χ1v) is 6.84. The van der Waals surface area contributed by atoms with E-state index in [1.54, 1.807) is 0 Å². The molecule has 8 nitrogen and oxygen atoms in total. The fourth-order valence-electron chi connectivity index (χ4n) is 2.68. The second kappa shape index (κ2) is 5.15. The fraction of sp³-hybridized carbons (Fsp3) is 0.462. The highest BCUT2D eigenvalue weighted by Gasteiger charge is 2.53. The minimum Gasteiger partial charge on any atom is -0.394 e. The van der Waals surface area contributed by atoms with Gasteiger partial charge in [0.15, 0.2) is 6.23 Å². The summed E-state index contributed by atoms with van der Waals surface area (Å²) in [6.07, 6.45) is -0.578. The number of fused-ring (bicyclic) bond motifs is 1. The number of rotatable bonds is 2. The minimum atomic E-state index is -1.67. The number of hydrogen-bond donors (Lipinski definition) is 3. The highest BCUT2D eigenvalue weighted by Crippen LogP contribution is 2.42. The van der Waals surface area contributed by atoms with E-state index in [9.17, 15) is 15.3 Å². The Morgan fingerprint density at radius 2 is 2.27 bits per heavy atom. The van der Waals surface area contributed by atoms with Crippen molar-refractivity contribution >= 4 is 28.3 Å². The second-order valence-corrected chi connectivity index (χ2v) is 5.63. The summed E-state index contributed by atoms with van der Waals surface area (Å²) in [5, 5.41) is 30.3. The second-order valence-electron chi connectivity index (χ2n) is 5.28. The van der Waals surface area contributed by atoms with Gasteiger partial charge in [-0.25, -0.2) is 14.8 Å². The summed E-state index contributed by atoms with van der Waals surface area (Å²) in [7, 11) is 0. The van der Waals surface area contributed by atoms with Crippen LogP contribution in [0.3, 0.4) is 0 Å². The molecule has 0 bridgehead atoms. The lowest BCUT2D eigenvalue weighted by molar-refractivity contribution is -0.0947. The Bertz CT molecular complexity index is 769. The molecule has 0 saturated carbocycles. The number of halogens is 1. The highest BCUT2D eigenvalue weighted by molar-refractivity contribution is 6.35. The van der Waals surface area contributed by atoms with Crippen LogP contribution in [0.1, 0.15) is 13.2 Å². The maximum absolute atomic E-state index is 10.5. The summed E-state index contributed by atoms with van der Waals surface area (Å²) in [6.45, 7) is 8.17. The first-order chi connectivity index (χ1) is 10.4. The first kappa shape index (κ1) is 15.1. The Morgan fingerprint density at radius 1 is 1.55 bits per heavy atom. The third-order valence-corrected chi connectivity index (χ3v) is 4.14. The largest absolute Gasteiger partial charge is 0.394 e. The van der Waals surface area contributed by atoms with Crippen LogP contribution in [0.15, 0.2) is 12.5 Å². The summed E-state index contributed by atoms with van der Waals surface area (Å²) in [5.41, 5.74) is -1.15. The van der Waals surface area contributed by atoms with Crippen LogP contribution in [-0.4, -0.2) is 54.3 Å². The van der Waals surface area contributed by atoms with Crippen LogP contribution in [0.5, 0.6) is 0 Å². The molecule has 22 heavy (non-hydrogen) atoms. The molecule has 0 aromatic carbocycles. The molecule has 1 saturated heterocycles. The zero-order valence-electron chi connectivity index (χ0n) is 11.5. The third kappa shape index (κ3) is 1.99. The highest BCUT2D eigenvalue weighted by atomic mass is 35.5. The standard InChI is InChI=1S/C13H13ClN4O4/c1-13(21)9(20)7(4-19)22-12(13)18-3-6(15-2)8-10(14)16-5-17-11(8)18/h3,5,7,9,12,19-21H,4H2,1H3/t7?,9?,12?,13-/m1/s1. The fourth-order valence-corrected chi connectivity index (χ4v) is 2.91. The molecule has 0 amide bonds. The molecule has 1 aliphatic rings. The molecule has 116 valence electrons. The average Bonchev–Trinajstić information content (AvgIpc) is 2.97. The maximum Gasteiger partial charge on any atom is 0.216 e. The van der Waals surface area contributed by atoms with Gasteiger partial charge in [-0.05, 0) is 6.92 Å². The predicted octanol–water partition coefficient (Wildman–Crippen LogP) is 0.637. The van der Waals surface area contributed by atoms with Crippen molar-refractivity contribution < 1.29 is 20.1 Å². The number of ether oxygens (including phenoxy) is 1. The number of nitrogens with zero attached hydrogens (tertiary/aromatic N) is 4. The molecule has 9 heteroatoms. The van der Waals surface area contributed by atoms with E-state index in [4.69, 9.17) is 22.9 Å². The molecule has 0 aliphatic carbocycles. The number of aliphatic hydroxyl groups excluding tert-OH is 2. The lowest BCUT2D eigenvalue weighted by atomic mass is 9.96. The first-order valence-electron chi connectivity index (χ1n) is 6.47. The van der Waals surface area contributed by atoms with Gasteiger partial charge in [-0.2, -0.15) is 0 Å². The van der Waals surface area contributed by atoms with Crippen molar-refractivity contribution in [3.8, 4) is 0 Å². The molecule has 4 atom stereocenters. The van der Waals surface area contributed by atoms with Crippen LogP contribution in [-0.2, 0) is 4.74 Å². The topological polar surface area (TPSA) is 105 Å². The van der Waals surface area contributed by atoms with E-state index >= 15 is 0 Å². The minimum absolute atomic E-state index is 0.117. The van der Waals surface area contributed by atoms with Crippen molar-refractivity contribution in [2.24, 2.45) is 0 Å². The third-order valence-electron chi connectivity index (χ3n) is 3.85. The molecule has 1 fully saturated rings. The molecule has 3 N–H and O–H groups in total. The van der Waals surface area contributed by atoms with Gasteiger partial charge in [0.1, 0.15) is 34.9 Å². The summed E-state index contributed by atoms with van der Waals surface area (Å²) in [5.74, 6) is 0. The molecule has 2 aromatic heterocycles. The zero-order chi connectivity index (χ0) is 16.1. The van der Waals surface area contributed by atoms with E-state index in [0.29, 0.717) is 11.0 Å². The molecule has 0 spiro atoms. The van der Waals surface area contributed by atoms with Crippen LogP contribution < -0.4 is 0 Å². The molecular weight excluding hydrogens is 312 g/mol. The molecular formula is C13H13ClN4O4. The average molecular weight is 325 g/mol. The van der Waals surface area contributed by atoms with E-state index in [1.807, 2.05) is 0 Å². The molecule has 3 unspecified atom stereocenters. The van der Waals surface area contributed by atoms with E-state index in [0.717, 1.165) is 0 Å². The van der Waals surface area contributed by atoms with E-state index in [-0.39, 0.29) is 10.8 Å². The molecule has 1 aliphatic heterocycles. The van der Waals surface area contributed by atoms with Crippen molar-refractivity contribution in [1.82, 2.24) is 14.5 Å². The van der Waals surface area contributed by atoms with E-state index < -0.39 is 30.6 Å². The van der Waals surface area contributed by atoms with Gasteiger partial charge >= 0.3 is 0 Å². The van der Waals surface area contributed by atoms with Crippen molar-refractivity contribution in [3.05, 3.63) is 29.1 Å². The Balaban J connectivity index is 2.20. The van der Waals surface area contributed by atoms with Gasteiger partial charge in [-0.1, -0.05) is 11.6 Å². The van der Waals surface area contributed by atoms with Crippen molar-refractivity contribution in [1.29, 1.82) is 0 Å². The molecule has 2 aromatic rings. The summed E-state index contributed by atoms with van der Waals surface area (Å²) >= 11 is 6.02. The van der Waals surface area contributed by atoms with Crippen LogP contribution in [0.25, 0.3) is 15.9 Å². The molecule has 0 radical (unpaired) electrons. The van der Waals surface area contributed by atoms with Crippen LogP contribution >= 0.6 is 11.6 Å². The van der Waals surface area contributed by atoms with Gasteiger partial charge in [-0.3, -0.25) is 0 Å². The maximum atomic E-state index is 10.5. The smallest absolute Gasteiger partial charge is 0.216 e. The SMILES string of the molecule is [C-]#[N+]c1cn(C2OC(CO)C(O)[C@@]2(C)O)c2ncnc(Cl)c12. The van der Waals surface area contributed by atoms with Crippen molar-refractivity contribution in [2.45, 2.75) is 31.0 Å². The van der Waals surface area contributed by atoms with Gasteiger partial charge in [0.25, 0.3) is 0 Å². The molecule has 3 heterocycles. The zero-order valence-corrected chi connectivity index (χ0v) is 12.3. The van der Waals surface area contributed by atoms with Crippen LogP contribution in [0.2, 0.25) is 5.15 Å². The summed E-state index contributed by atoms with van der Waals surface area (Å²) in [6, 6.07) is 0.